The molecule has 0 fully saturated rings. The van der Waals surface area contributed by atoms with E-state index >= 15 is 0 Å². The summed E-state index contributed by atoms with van der Waals surface area (Å²) >= 11 is 0. The van der Waals surface area contributed by atoms with E-state index in [4.69, 9.17) is 0 Å². The lowest BCUT2D eigenvalue weighted by Gasteiger charge is -2.48. The molecule has 2 unspecified atom stereocenters. The van der Waals surface area contributed by atoms with Crippen molar-refractivity contribution in [3.63, 3.8) is 0 Å². The SMILES string of the molecule is C=CC=CC(CC=C(C)C)(C(C=CCCC)=CCCC(=C)C)C(C=CCC)(C=C(C)C)CC. The Morgan fingerprint density at radius 3 is 2.03 bits per heavy atom. The minimum absolute atomic E-state index is 0.140. The summed E-state index contributed by atoms with van der Waals surface area (Å²) < 4.78 is 0. The van der Waals surface area contributed by atoms with Crippen molar-refractivity contribution in [2.75, 3.05) is 0 Å². The summed E-state index contributed by atoms with van der Waals surface area (Å²) in [6.45, 7) is 25.9. The molecule has 0 bridgehead atoms. The van der Waals surface area contributed by atoms with Gasteiger partial charge in [-0.1, -0.05) is 111 Å². The quantitative estimate of drug-likeness (QED) is 0.163. The highest BCUT2D eigenvalue weighted by Gasteiger charge is 2.46. The van der Waals surface area contributed by atoms with Gasteiger partial charge < -0.3 is 0 Å². The zero-order valence-corrected chi connectivity index (χ0v) is 23.1. The first-order valence-electron chi connectivity index (χ1n) is 12.9. The molecule has 0 rings (SSSR count). The Labute approximate surface area is 207 Å². The molecule has 33 heavy (non-hydrogen) atoms. The van der Waals surface area contributed by atoms with Crippen molar-refractivity contribution >= 4 is 0 Å². The molecule has 0 amide bonds. The average molecular weight is 449 g/mol. The van der Waals surface area contributed by atoms with Gasteiger partial charge in [-0.2, -0.15) is 0 Å². The fourth-order valence-electron chi connectivity index (χ4n) is 4.45. The Hall–Kier alpha value is -2.08. The van der Waals surface area contributed by atoms with E-state index in [0.29, 0.717) is 0 Å². The van der Waals surface area contributed by atoms with Gasteiger partial charge in [-0.3, -0.25) is 0 Å². The van der Waals surface area contributed by atoms with Gasteiger partial charge in [0.15, 0.2) is 0 Å². The van der Waals surface area contributed by atoms with Crippen LogP contribution in [0.15, 0.2) is 96.2 Å². The summed E-state index contributed by atoms with van der Waals surface area (Å²) in [4.78, 5) is 0. The molecule has 0 spiro atoms. The molecule has 0 aliphatic carbocycles. The Morgan fingerprint density at radius 2 is 1.55 bits per heavy atom. The molecule has 184 valence electrons. The van der Waals surface area contributed by atoms with Crippen molar-refractivity contribution in [2.45, 2.75) is 100 Å². The van der Waals surface area contributed by atoms with Gasteiger partial charge in [0.1, 0.15) is 0 Å². The maximum atomic E-state index is 4.14. The molecule has 0 heterocycles. The van der Waals surface area contributed by atoms with Crippen LogP contribution in [0.25, 0.3) is 0 Å². The Morgan fingerprint density at radius 1 is 0.848 bits per heavy atom. The van der Waals surface area contributed by atoms with Crippen LogP contribution in [0.2, 0.25) is 0 Å². The van der Waals surface area contributed by atoms with Gasteiger partial charge in [0.2, 0.25) is 0 Å². The topological polar surface area (TPSA) is 0 Å². The third-order valence-electron chi connectivity index (χ3n) is 6.17. The van der Waals surface area contributed by atoms with Crippen LogP contribution in [-0.2, 0) is 0 Å². The maximum Gasteiger partial charge on any atom is 0.0292 e. The van der Waals surface area contributed by atoms with Crippen molar-refractivity contribution in [3.8, 4) is 0 Å². The predicted molar refractivity (Wildman–Crippen MR) is 154 cm³/mol. The molecule has 0 radical (unpaired) electrons. The predicted octanol–water partition coefficient (Wildman–Crippen LogP) is 11.0. The largest absolute Gasteiger partial charge is 0.100 e. The van der Waals surface area contributed by atoms with Crippen molar-refractivity contribution < 1.29 is 0 Å². The minimum Gasteiger partial charge on any atom is -0.100 e. The van der Waals surface area contributed by atoms with E-state index in [1.807, 2.05) is 6.08 Å². The number of unbranched alkanes of at least 4 members (excludes halogenated alkanes) is 1. The van der Waals surface area contributed by atoms with Crippen LogP contribution in [-0.4, -0.2) is 0 Å². The van der Waals surface area contributed by atoms with E-state index in [-0.39, 0.29) is 10.8 Å². The Kier molecular flexibility index (Phi) is 15.5. The van der Waals surface area contributed by atoms with Gasteiger partial charge >= 0.3 is 0 Å². The van der Waals surface area contributed by atoms with Crippen LogP contribution in [0.4, 0.5) is 0 Å². The maximum absolute atomic E-state index is 4.14. The van der Waals surface area contributed by atoms with Gasteiger partial charge in [0, 0.05) is 10.8 Å². The molecule has 0 N–H and O–H groups in total. The van der Waals surface area contributed by atoms with Crippen LogP contribution in [0.1, 0.15) is 100 Å². The third kappa shape index (κ3) is 10.2. The second-order valence-corrected chi connectivity index (χ2v) is 9.82. The highest BCUT2D eigenvalue weighted by molar-refractivity contribution is 5.42. The normalized spacial score (nSPS) is 16.1. The first-order chi connectivity index (χ1) is 15.6. The second kappa shape index (κ2) is 16.5. The number of hydrogen-bond donors (Lipinski definition) is 0. The molecule has 0 aromatic rings. The first-order valence-corrected chi connectivity index (χ1v) is 12.9. The fraction of sp³-hybridized carbons (Fsp3) is 0.515. The van der Waals surface area contributed by atoms with E-state index in [9.17, 15) is 0 Å². The zero-order chi connectivity index (χ0) is 25.3. The third-order valence-corrected chi connectivity index (χ3v) is 6.17. The van der Waals surface area contributed by atoms with Crippen LogP contribution < -0.4 is 0 Å². The van der Waals surface area contributed by atoms with Crippen LogP contribution in [0, 0.1) is 10.8 Å². The number of allylic oxidation sites excluding steroid dienone is 14. The molecule has 2 atom stereocenters. The van der Waals surface area contributed by atoms with Crippen LogP contribution >= 0.6 is 0 Å². The van der Waals surface area contributed by atoms with E-state index in [2.05, 4.69) is 123 Å². The molecule has 0 saturated heterocycles. The van der Waals surface area contributed by atoms with Crippen molar-refractivity contribution in [1.29, 1.82) is 0 Å². The first kappa shape index (κ1) is 30.9. The summed E-state index contributed by atoms with van der Waals surface area (Å²) in [6, 6.07) is 0. The van der Waals surface area contributed by atoms with Crippen LogP contribution in [0.3, 0.4) is 0 Å². The molecule has 0 aromatic carbocycles. The number of rotatable bonds is 16. The standard InChI is InChI=1S/C33H52/c1-11-15-18-21-31(22-19-20-28(5)6)33(25-17-13-3,26-23-29(7)8)32(14-4,24-16-12-2)27-30(9)10/h13,16-18,21-25,27H,3,5,11-12,14-15,19-20,26H2,1-2,4,6-10H3. The summed E-state index contributed by atoms with van der Waals surface area (Å²) in [6.07, 6.45) is 30.7. The molecule has 0 aliphatic rings. The lowest BCUT2D eigenvalue weighted by atomic mass is 9.55. The Bertz CT molecular complexity index is 769. The lowest BCUT2D eigenvalue weighted by molar-refractivity contribution is 0.237. The van der Waals surface area contributed by atoms with Crippen molar-refractivity contribution in [2.24, 2.45) is 10.8 Å². The summed E-state index contributed by atoms with van der Waals surface area (Å²) in [5.41, 5.74) is 4.98. The molecule has 0 nitrogen and oxygen atoms in total. The van der Waals surface area contributed by atoms with Crippen molar-refractivity contribution in [3.05, 3.63) is 96.2 Å². The number of hydrogen-bond acceptors (Lipinski definition) is 0. The summed E-state index contributed by atoms with van der Waals surface area (Å²) in [7, 11) is 0. The van der Waals surface area contributed by atoms with Gasteiger partial charge in [-0.25, -0.2) is 0 Å². The van der Waals surface area contributed by atoms with Gasteiger partial charge in [-0.15, -0.1) is 6.58 Å². The van der Waals surface area contributed by atoms with E-state index in [1.165, 1.54) is 22.3 Å². The molecular formula is C33H52. The molecule has 0 saturated carbocycles. The van der Waals surface area contributed by atoms with Gasteiger partial charge in [-0.05, 0) is 78.7 Å². The minimum atomic E-state index is -0.213. The zero-order valence-electron chi connectivity index (χ0n) is 23.1. The fourth-order valence-corrected chi connectivity index (χ4v) is 4.45. The summed E-state index contributed by atoms with van der Waals surface area (Å²) in [5, 5.41) is 0. The highest BCUT2D eigenvalue weighted by atomic mass is 14.5. The Balaban J connectivity index is 7.49. The van der Waals surface area contributed by atoms with Gasteiger partial charge in [0.05, 0.1) is 0 Å². The molecule has 0 aliphatic heterocycles. The van der Waals surface area contributed by atoms with Gasteiger partial charge in [0.25, 0.3) is 0 Å². The van der Waals surface area contributed by atoms with Crippen LogP contribution in [0.5, 0.6) is 0 Å². The van der Waals surface area contributed by atoms with E-state index in [1.54, 1.807) is 0 Å². The molecule has 0 heteroatoms. The average Bonchev–Trinajstić information content (AvgIpc) is 2.75. The lowest BCUT2D eigenvalue weighted by Crippen LogP contribution is -2.39. The van der Waals surface area contributed by atoms with E-state index < -0.39 is 0 Å². The summed E-state index contributed by atoms with van der Waals surface area (Å²) in [5.74, 6) is 0. The molecular weight excluding hydrogens is 396 g/mol. The van der Waals surface area contributed by atoms with E-state index in [0.717, 1.165) is 44.9 Å². The highest BCUT2D eigenvalue weighted by Crippen LogP contribution is 2.55. The monoisotopic (exact) mass is 448 g/mol. The molecule has 0 aromatic heterocycles. The second-order valence-electron chi connectivity index (χ2n) is 9.82. The smallest absolute Gasteiger partial charge is 0.0292 e. The van der Waals surface area contributed by atoms with Crippen molar-refractivity contribution in [1.82, 2.24) is 0 Å².